The number of para-hydroxylation sites is 1. The molecule has 0 atom stereocenters. The molecule has 1 aromatic carbocycles. The Bertz CT molecular complexity index is 647. The number of hydrogen-bond acceptors (Lipinski definition) is 3. The molecule has 1 aromatic rings. The van der Waals surface area contributed by atoms with Crippen molar-refractivity contribution in [2.24, 2.45) is 0 Å². The Morgan fingerprint density at radius 1 is 1.19 bits per heavy atom. The van der Waals surface area contributed by atoms with Crippen molar-refractivity contribution < 1.29 is 23.0 Å². The number of unbranched alkanes of at least 4 members (excludes halogenated alkanes) is 1. The molecule has 0 bridgehead atoms. The van der Waals surface area contributed by atoms with Gasteiger partial charge in [-0.3, -0.25) is 4.55 Å². The fraction of sp³-hybridized carbons (Fsp3) is 0.533. The summed E-state index contributed by atoms with van der Waals surface area (Å²) < 4.78 is 32.5. The number of benzene rings is 1. The molecule has 1 aliphatic rings. The summed E-state index contributed by atoms with van der Waals surface area (Å²) >= 11 is 0. The summed E-state index contributed by atoms with van der Waals surface area (Å²) in [4.78, 5) is 0. The van der Waals surface area contributed by atoms with Crippen LogP contribution in [0, 0.1) is 0 Å². The molecule has 118 valence electrons. The predicted octanol–water partition coefficient (Wildman–Crippen LogP) is 2.57. The van der Waals surface area contributed by atoms with Crippen LogP contribution in [-0.4, -0.2) is 41.0 Å². The summed E-state index contributed by atoms with van der Waals surface area (Å²) in [6.45, 7) is 7.32. The molecule has 2 N–H and O–H groups in total. The van der Waals surface area contributed by atoms with E-state index in [-0.39, 0.29) is 16.6 Å². The number of fused-ring (bicyclic) bond motifs is 1. The third-order valence-electron chi connectivity index (χ3n) is 4.21. The zero-order valence-corrected chi connectivity index (χ0v) is 13.5. The van der Waals surface area contributed by atoms with E-state index in [0.717, 1.165) is 13.0 Å². The Morgan fingerprint density at radius 2 is 1.81 bits per heavy atom. The normalized spacial score (nSPS) is 16.6. The highest BCUT2D eigenvalue weighted by atomic mass is 32.2. The van der Waals surface area contributed by atoms with Crippen molar-refractivity contribution in [2.45, 2.75) is 39.0 Å². The van der Waals surface area contributed by atoms with Crippen LogP contribution in [0.25, 0.3) is 0 Å². The van der Waals surface area contributed by atoms with Crippen LogP contribution in [0.15, 0.2) is 24.3 Å². The second-order valence-corrected chi connectivity index (χ2v) is 7.44. The van der Waals surface area contributed by atoms with Gasteiger partial charge in [-0.05, 0) is 20.3 Å². The van der Waals surface area contributed by atoms with E-state index in [0.29, 0.717) is 6.42 Å². The Labute approximate surface area is 126 Å². The van der Waals surface area contributed by atoms with Crippen LogP contribution < -0.4 is 0 Å². The lowest BCUT2D eigenvalue weighted by molar-refractivity contribution is -0.439. The fourth-order valence-corrected chi connectivity index (χ4v) is 3.36. The maximum absolute atomic E-state index is 10.7. The van der Waals surface area contributed by atoms with Gasteiger partial charge in [-0.25, -0.2) is 0 Å². The lowest BCUT2D eigenvalue weighted by Gasteiger charge is -2.14. The number of hydrogen-bond donors (Lipinski definition) is 1. The largest absolute Gasteiger partial charge is 0.870 e. The second-order valence-electron chi connectivity index (χ2n) is 5.87. The van der Waals surface area contributed by atoms with Crippen molar-refractivity contribution in [3.05, 3.63) is 29.8 Å². The van der Waals surface area contributed by atoms with Crippen LogP contribution in [0.4, 0.5) is 5.69 Å². The van der Waals surface area contributed by atoms with Crippen LogP contribution in [0.3, 0.4) is 0 Å². The summed E-state index contributed by atoms with van der Waals surface area (Å²) in [5.74, 6) is -0.162. The minimum Gasteiger partial charge on any atom is -0.870 e. The first-order chi connectivity index (χ1) is 9.23. The maximum atomic E-state index is 10.7. The molecule has 0 radical (unpaired) electrons. The average Bonchev–Trinajstić information content (AvgIpc) is 2.54. The lowest BCUT2D eigenvalue weighted by atomic mass is 9.82. The molecular weight excluding hydrogens is 290 g/mol. The smallest absolute Gasteiger partial charge is 0.264 e. The van der Waals surface area contributed by atoms with Crippen molar-refractivity contribution in [3.8, 4) is 0 Å². The van der Waals surface area contributed by atoms with Gasteiger partial charge in [-0.1, -0.05) is 18.2 Å². The first kappa shape index (κ1) is 17.8. The zero-order chi connectivity index (χ0) is 15.0. The van der Waals surface area contributed by atoms with E-state index in [2.05, 4.69) is 43.5 Å². The first-order valence-corrected chi connectivity index (χ1v) is 8.50. The molecule has 0 aromatic heterocycles. The molecule has 1 heterocycles. The zero-order valence-electron chi connectivity index (χ0n) is 12.7. The Kier molecular flexibility index (Phi) is 5.30. The fourth-order valence-electron chi connectivity index (χ4n) is 2.79. The van der Waals surface area contributed by atoms with E-state index >= 15 is 0 Å². The molecule has 21 heavy (non-hydrogen) atoms. The topological polar surface area (TPSA) is 87.4 Å². The van der Waals surface area contributed by atoms with Crippen LogP contribution in [0.1, 0.15) is 39.2 Å². The van der Waals surface area contributed by atoms with Crippen LogP contribution in [0.2, 0.25) is 0 Å². The standard InChI is InChI=1S/C15H21NO3S.H2O/c1-12-15(2,3)13-8-4-5-9-14(13)16(12)10-6-7-11-20(17,18)19;/h4-5,8-9H,6-7,10-11H2,1-3H3;1H2. The molecule has 0 saturated heterocycles. The molecular formula is C15H23NO4S. The van der Waals surface area contributed by atoms with E-state index in [4.69, 9.17) is 4.55 Å². The van der Waals surface area contributed by atoms with Gasteiger partial charge in [0, 0.05) is 25.0 Å². The highest BCUT2D eigenvalue weighted by molar-refractivity contribution is 7.85. The molecule has 5 nitrogen and oxygen atoms in total. The molecule has 0 saturated carbocycles. The monoisotopic (exact) mass is 313 g/mol. The summed E-state index contributed by atoms with van der Waals surface area (Å²) in [5, 5.41) is 0. The van der Waals surface area contributed by atoms with Gasteiger partial charge in [0.05, 0.1) is 11.2 Å². The quantitative estimate of drug-likeness (QED) is 0.514. The summed E-state index contributed by atoms with van der Waals surface area (Å²) in [6.07, 6.45) is 1.22. The predicted molar refractivity (Wildman–Crippen MR) is 82.5 cm³/mol. The Hall–Kier alpha value is -1.24. The van der Waals surface area contributed by atoms with Crippen molar-refractivity contribution >= 4 is 21.5 Å². The molecule has 1 aliphatic heterocycles. The molecule has 0 fully saturated rings. The molecule has 0 amide bonds. The summed E-state index contributed by atoms with van der Waals surface area (Å²) in [5.41, 5.74) is 3.82. The third kappa shape index (κ3) is 3.70. The minimum absolute atomic E-state index is 0. The number of nitrogens with zero attached hydrogens (tertiary/aromatic N) is 1. The van der Waals surface area contributed by atoms with Crippen molar-refractivity contribution in [1.82, 2.24) is 0 Å². The molecule has 0 aliphatic carbocycles. The number of rotatable bonds is 5. The van der Waals surface area contributed by atoms with Gasteiger partial charge < -0.3 is 5.48 Å². The first-order valence-electron chi connectivity index (χ1n) is 6.90. The van der Waals surface area contributed by atoms with Gasteiger partial charge in [-0.2, -0.15) is 13.0 Å². The highest BCUT2D eigenvalue weighted by Crippen LogP contribution is 2.39. The molecule has 2 rings (SSSR count). The van der Waals surface area contributed by atoms with Crippen LogP contribution in [0.5, 0.6) is 0 Å². The van der Waals surface area contributed by atoms with Crippen molar-refractivity contribution in [2.75, 3.05) is 12.3 Å². The highest BCUT2D eigenvalue weighted by Gasteiger charge is 2.42. The second kappa shape index (κ2) is 6.25. The van der Waals surface area contributed by atoms with Crippen molar-refractivity contribution in [3.63, 3.8) is 0 Å². The van der Waals surface area contributed by atoms with E-state index < -0.39 is 10.1 Å². The van der Waals surface area contributed by atoms with Gasteiger partial charge in [-0.15, -0.1) is 0 Å². The van der Waals surface area contributed by atoms with Crippen molar-refractivity contribution in [1.29, 1.82) is 0 Å². The Balaban J connectivity index is 0.00000220. The van der Waals surface area contributed by atoms with Gasteiger partial charge in [0.1, 0.15) is 6.54 Å². The minimum atomic E-state index is -3.84. The third-order valence-corrected chi connectivity index (χ3v) is 5.02. The Morgan fingerprint density at radius 3 is 2.43 bits per heavy atom. The SMILES string of the molecule is CC1=[N+](CCCCS(=O)(=O)O)c2ccccc2C1(C)C.[OH-]. The average molecular weight is 313 g/mol. The molecule has 6 heteroatoms. The summed E-state index contributed by atoms with van der Waals surface area (Å²) in [7, 11) is -3.84. The van der Waals surface area contributed by atoms with Gasteiger partial charge in [0.2, 0.25) is 5.69 Å². The van der Waals surface area contributed by atoms with Gasteiger partial charge >= 0.3 is 0 Å². The van der Waals surface area contributed by atoms with Crippen LogP contribution >= 0.6 is 0 Å². The summed E-state index contributed by atoms with van der Waals surface area (Å²) in [6, 6.07) is 8.34. The maximum Gasteiger partial charge on any atom is 0.264 e. The van der Waals surface area contributed by atoms with E-state index in [1.165, 1.54) is 17.0 Å². The molecule has 0 unspecified atom stereocenters. The van der Waals surface area contributed by atoms with Gasteiger partial charge in [0.25, 0.3) is 10.1 Å². The van der Waals surface area contributed by atoms with Crippen LogP contribution in [-0.2, 0) is 15.5 Å². The van der Waals surface area contributed by atoms with E-state index in [9.17, 15) is 8.42 Å². The van der Waals surface area contributed by atoms with Gasteiger partial charge in [0.15, 0.2) is 5.71 Å². The lowest BCUT2D eigenvalue weighted by Crippen LogP contribution is -2.26. The molecule has 0 spiro atoms. The van der Waals surface area contributed by atoms with E-state index in [1.54, 1.807) is 0 Å². The van der Waals surface area contributed by atoms with E-state index in [1.807, 2.05) is 6.07 Å².